The molecule has 0 radical (unpaired) electrons. The maximum atomic E-state index is 15.2. The molecule has 90 heavy (non-hydrogen) atoms. The van der Waals surface area contributed by atoms with Gasteiger partial charge in [-0.1, -0.05) is 84.9 Å². The van der Waals surface area contributed by atoms with Crippen molar-refractivity contribution in [2.75, 3.05) is 34.5 Å². The number of likely N-dealkylation sites (tertiary alicyclic amines) is 1. The summed E-state index contributed by atoms with van der Waals surface area (Å²) in [4.78, 5) is 86.2. The zero-order chi connectivity index (χ0) is 64.2. The van der Waals surface area contributed by atoms with Gasteiger partial charge in [-0.05, 0) is 118 Å². The Kier molecular flexibility index (Phi) is 18.3. The van der Waals surface area contributed by atoms with Crippen LogP contribution in [0.4, 0.5) is 60.9 Å². The van der Waals surface area contributed by atoms with Gasteiger partial charge < -0.3 is 36.2 Å². The molecule has 8 aromatic rings. The van der Waals surface area contributed by atoms with Crippen LogP contribution in [-0.2, 0) is 40.8 Å². The third-order valence-corrected chi connectivity index (χ3v) is 15.7. The van der Waals surface area contributed by atoms with Gasteiger partial charge in [0.25, 0.3) is 11.8 Å². The third-order valence-electron chi connectivity index (χ3n) is 14.8. The number of aromatic nitrogens is 4. The molecule has 20 nitrogen and oxygen atoms in total. The Labute approximate surface area is 516 Å². The third kappa shape index (κ3) is 14.0. The smallest absolute Gasteiger partial charge is 0.410 e. The van der Waals surface area contributed by atoms with E-state index in [1.54, 1.807) is 48.2 Å². The monoisotopic (exact) mass is 1250 g/mol. The highest BCUT2D eigenvalue weighted by atomic mass is 32.2. The summed E-state index contributed by atoms with van der Waals surface area (Å²) in [5.41, 5.74) is 4.14. The van der Waals surface area contributed by atoms with E-state index in [2.05, 4.69) is 41.5 Å². The lowest BCUT2D eigenvalue weighted by molar-refractivity contribution is 0.0210. The van der Waals surface area contributed by atoms with E-state index in [4.69, 9.17) is 9.72 Å². The second-order valence-corrected chi connectivity index (χ2v) is 24.4. The van der Waals surface area contributed by atoms with E-state index in [1.165, 1.54) is 6.07 Å². The lowest BCUT2D eigenvalue weighted by Crippen LogP contribution is -2.45. The Morgan fingerprint density at radius 3 is 1.47 bits per heavy atom. The fourth-order valence-corrected chi connectivity index (χ4v) is 10.8. The van der Waals surface area contributed by atoms with Crippen LogP contribution in [-0.4, -0.2) is 94.2 Å². The molecular formula is C65H62F4N12O8S. The van der Waals surface area contributed by atoms with Crippen molar-refractivity contribution < 1.29 is 54.7 Å². The summed E-state index contributed by atoms with van der Waals surface area (Å²) in [6.45, 7) is 10.4. The molecule has 0 atom stereocenters. The van der Waals surface area contributed by atoms with Gasteiger partial charge in [0.2, 0.25) is 20.9 Å². The van der Waals surface area contributed by atoms with E-state index in [0.29, 0.717) is 77.4 Å². The number of piperidine rings is 1. The molecule has 25 heteroatoms. The highest BCUT2D eigenvalue weighted by Crippen LogP contribution is 2.42. The number of para-hydroxylation sites is 2. The maximum Gasteiger partial charge on any atom is 0.410 e. The number of nitrogens with one attached hydrogen (secondary N) is 5. The van der Waals surface area contributed by atoms with Crippen molar-refractivity contribution in [2.45, 2.75) is 90.4 Å². The molecule has 3 aliphatic rings. The number of ether oxygens (including phenoxy) is 1. The number of fused-ring (bicyclic) bond motifs is 2. The number of halogens is 4. The number of carbonyl (C=O) groups excluding carboxylic acids is 5. The lowest BCUT2D eigenvalue weighted by atomic mass is 9.97. The Bertz CT molecular complexity index is 4190. The summed E-state index contributed by atoms with van der Waals surface area (Å²) in [5, 5.41) is 13.7. The SMILES string of the molecule is Cc1ccc(C(=O)NCc2ccccc2)cc1-c1nc(NC2CCN(C(=O)OC(C)(C)C)CC2)nc2c1CNC(=O)N2c1c(F)cccc1F.Cc1ccc(C(=O)NCc2ccccc2)cc1-c1nc(S(C)(=O)=O)nc2c1CNC(=O)N2c1c(F)cccc1F. The minimum atomic E-state index is -4.04. The summed E-state index contributed by atoms with van der Waals surface area (Å²) >= 11 is 0. The number of hydrogen-bond donors (Lipinski definition) is 5. The van der Waals surface area contributed by atoms with Crippen LogP contribution in [0.3, 0.4) is 0 Å². The van der Waals surface area contributed by atoms with Crippen LogP contribution >= 0.6 is 0 Å². The molecule has 5 N–H and O–H groups in total. The van der Waals surface area contributed by atoms with Crippen LogP contribution in [0.2, 0.25) is 0 Å². The van der Waals surface area contributed by atoms with Crippen molar-refractivity contribution >= 4 is 68.8 Å². The van der Waals surface area contributed by atoms with Crippen molar-refractivity contribution in [1.82, 2.24) is 46.1 Å². The Hall–Kier alpha value is -10.3. The molecule has 7 amide bonds. The summed E-state index contributed by atoms with van der Waals surface area (Å²) in [7, 11) is -4.04. The molecule has 5 heterocycles. The number of rotatable bonds is 13. The van der Waals surface area contributed by atoms with Crippen molar-refractivity contribution in [3.05, 3.63) is 201 Å². The molecule has 0 aliphatic carbocycles. The molecule has 464 valence electrons. The zero-order valence-electron chi connectivity index (χ0n) is 49.8. The zero-order valence-corrected chi connectivity index (χ0v) is 50.6. The quantitative estimate of drug-likeness (QED) is 0.0533. The summed E-state index contributed by atoms with van der Waals surface area (Å²) in [5.74, 6) is -4.78. The number of benzene rings is 6. The molecule has 11 rings (SSSR count). The number of urea groups is 2. The van der Waals surface area contributed by atoms with Crippen LogP contribution in [0, 0.1) is 37.1 Å². The molecule has 2 aromatic heterocycles. The standard InChI is InChI=1S/C37H39F2N7O4.C28H23F2N5O4S/c1-22-13-14-24(33(47)40-20-23-9-6-5-7-10-23)19-26(22)30-27-21-41-35(48)46(31-28(38)11-8-12-29(31)39)32(27)44-34(43-30)42-25-15-17-45(18-16-25)36(49)50-37(2,3)4;1-16-11-12-18(26(36)31-14-17-7-4-3-5-8-17)13-19(16)23-20-15-32-28(37)35(24-21(29)9-6-10-22(24)30)25(20)34-27(33-23)40(2,38)39/h5-14,19,25H,15-18,20-21H2,1-4H3,(H,40,47)(H,41,48)(H,42,43,44);3-13H,14-15H2,1-2H3,(H,31,36)(H,32,37). The highest BCUT2D eigenvalue weighted by Gasteiger charge is 2.38. The normalized spacial score (nSPS) is 14.0. The van der Waals surface area contributed by atoms with Crippen LogP contribution < -0.4 is 36.4 Å². The van der Waals surface area contributed by atoms with E-state index in [0.717, 1.165) is 58.2 Å². The first kappa shape index (κ1) is 62.7. The Morgan fingerprint density at radius 2 is 1.03 bits per heavy atom. The summed E-state index contributed by atoms with van der Waals surface area (Å²) in [6.07, 6.45) is 1.60. The number of carbonyl (C=O) groups is 5. The molecule has 0 unspecified atom stereocenters. The largest absolute Gasteiger partial charge is 0.444 e. The van der Waals surface area contributed by atoms with Gasteiger partial charge in [-0.2, -0.15) is 9.97 Å². The van der Waals surface area contributed by atoms with Crippen LogP contribution in [0.15, 0.2) is 139 Å². The number of hydrogen-bond acceptors (Lipinski definition) is 13. The maximum absolute atomic E-state index is 15.2. The fraction of sp³-hybridized carbons (Fsp3) is 0.246. The predicted molar refractivity (Wildman–Crippen MR) is 329 cm³/mol. The Morgan fingerprint density at radius 1 is 0.600 bits per heavy atom. The van der Waals surface area contributed by atoms with Gasteiger partial charge >= 0.3 is 18.2 Å². The van der Waals surface area contributed by atoms with Gasteiger partial charge in [-0.25, -0.2) is 60.1 Å². The number of nitrogens with zero attached hydrogens (tertiary/aromatic N) is 7. The average molecular weight is 1250 g/mol. The minimum absolute atomic E-state index is 0.00905. The molecule has 1 saturated heterocycles. The van der Waals surface area contributed by atoms with Gasteiger partial charge in [0.15, 0.2) is 11.6 Å². The molecule has 0 bridgehead atoms. The molecule has 0 spiro atoms. The first-order valence-electron chi connectivity index (χ1n) is 28.6. The van der Waals surface area contributed by atoms with Crippen LogP contribution in [0.25, 0.3) is 22.5 Å². The van der Waals surface area contributed by atoms with Gasteiger partial charge in [0.05, 0.1) is 24.5 Å². The minimum Gasteiger partial charge on any atom is -0.444 e. The number of anilines is 5. The molecule has 0 saturated carbocycles. The number of amides is 7. The average Bonchev–Trinajstić information content (AvgIpc) is 1.44. The summed E-state index contributed by atoms with van der Waals surface area (Å²) < 4.78 is 90.7. The van der Waals surface area contributed by atoms with E-state index in [-0.39, 0.29) is 71.4 Å². The summed E-state index contributed by atoms with van der Waals surface area (Å²) in [6, 6.07) is 33.6. The van der Waals surface area contributed by atoms with Crippen LogP contribution in [0.5, 0.6) is 0 Å². The Balaban J connectivity index is 0.000000203. The first-order chi connectivity index (χ1) is 42.9. The van der Waals surface area contributed by atoms with Crippen molar-refractivity contribution in [1.29, 1.82) is 0 Å². The lowest BCUT2D eigenvalue weighted by Gasteiger charge is -2.34. The molecular weight excluding hydrogens is 1180 g/mol. The molecule has 1 fully saturated rings. The van der Waals surface area contributed by atoms with E-state index in [1.807, 2.05) is 88.4 Å². The van der Waals surface area contributed by atoms with Crippen molar-refractivity contribution in [3.63, 3.8) is 0 Å². The highest BCUT2D eigenvalue weighted by molar-refractivity contribution is 7.90. The number of aryl methyl sites for hydroxylation is 2. The fourth-order valence-electron chi connectivity index (χ4n) is 10.3. The van der Waals surface area contributed by atoms with Crippen LogP contribution in [0.1, 0.15) is 87.7 Å². The van der Waals surface area contributed by atoms with Gasteiger partial charge in [0.1, 0.15) is 40.2 Å². The van der Waals surface area contributed by atoms with E-state index >= 15 is 8.78 Å². The second-order valence-electron chi connectivity index (χ2n) is 22.5. The topological polar surface area (TPSA) is 250 Å². The van der Waals surface area contributed by atoms with Crippen molar-refractivity contribution in [2.24, 2.45) is 0 Å². The first-order valence-corrected chi connectivity index (χ1v) is 30.5. The van der Waals surface area contributed by atoms with Crippen molar-refractivity contribution in [3.8, 4) is 22.5 Å². The van der Waals surface area contributed by atoms with E-state index < -0.39 is 67.3 Å². The second kappa shape index (κ2) is 26.2. The van der Waals surface area contributed by atoms with Gasteiger partial charge in [0, 0.05) is 71.9 Å². The predicted octanol–water partition coefficient (Wildman–Crippen LogP) is 11.3. The van der Waals surface area contributed by atoms with Gasteiger partial charge in [-0.3, -0.25) is 9.59 Å². The number of sulfone groups is 1. The van der Waals surface area contributed by atoms with Gasteiger partial charge in [-0.15, -0.1) is 0 Å². The molecule has 6 aromatic carbocycles. The van der Waals surface area contributed by atoms with E-state index in [9.17, 15) is 41.2 Å². The molecule has 3 aliphatic heterocycles.